The fourth-order valence-corrected chi connectivity index (χ4v) is 2.13. The second-order valence-corrected chi connectivity index (χ2v) is 4.82. The molecule has 113 valence electrons. The van der Waals surface area contributed by atoms with Gasteiger partial charge in [0.1, 0.15) is 5.68 Å². The van der Waals surface area contributed by atoms with Crippen LogP contribution in [-0.4, -0.2) is 24.5 Å². The van der Waals surface area contributed by atoms with Crippen molar-refractivity contribution in [2.75, 3.05) is 6.51 Å². The third-order valence-electron chi connectivity index (χ3n) is 3.27. The van der Waals surface area contributed by atoms with Gasteiger partial charge in [0.15, 0.2) is 17.4 Å². The first-order valence-corrected chi connectivity index (χ1v) is 6.95. The van der Waals surface area contributed by atoms with Crippen LogP contribution in [0.4, 0.5) is 8.78 Å². The minimum Gasteiger partial charge on any atom is -0.496 e. The molecular weight excluding hydrogens is 299 g/mol. The largest absolute Gasteiger partial charge is 0.496 e. The maximum absolute atomic E-state index is 13.4. The molecule has 1 aromatic heterocycles. The molecule has 0 saturated carbocycles. The van der Waals surface area contributed by atoms with Gasteiger partial charge in [-0.3, -0.25) is 0 Å². The lowest BCUT2D eigenvalue weighted by Gasteiger charge is -2.07. The van der Waals surface area contributed by atoms with Crippen LogP contribution in [0.1, 0.15) is 10.5 Å². The van der Waals surface area contributed by atoms with Crippen molar-refractivity contribution in [2.24, 2.45) is 0 Å². The van der Waals surface area contributed by atoms with Gasteiger partial charge in [0.25, 0.3) is 7.28 Å². The molecule has 0 unspecified atom stereocenters. The van der Waals surface area contributed by atoms with Gasteiger partial charge >= 0.3 is 0 Å². The zero-order chi connectivity index (χ0) is 16.2. The molecule has 3 aromatic rings. The summed E-state index contributed by atoms with van der Waals surface area (Å²) in [6.07, 6.45) is 0. The van der Waals surface area contributed by atoms with E-state index < -0.39 is 17.4 Å². The SMILES string of the molecule is O=C([B]COc1c(F)cccc1F)c1ccc2ccccc2n1. The van der Waals surface area contributed by atoms with E-state index in [1.165, 1.54) is 13.3 Å². The molecule has 1 radical (unpaired) electrons. The Morgan fingerprint density at radius 2 is 1.74 bits per heavy atom. The lowest BCUT2D eigenvalue weighted by atomic mass is 9.73. The summed E-state index contributed by atoms with van der Waals surface area (Å²) in [7, 11) is 1.20. The number of fused-ring (bicyclic) bond motifs is 1. The Morgan fingerprint density at radius 1 is 1.00 bits per heavy atom. The van der Waals surface area contributed by atoms with Crippen molar-refractivity contribution in [3.05, 3.63) is 71.9 Å². The number of benzene rings is 2. The van der Waals surface area contributed by atoms with E-state index in [4.69, 9.17) is 4.74 Å². The summed E-state index contributed by atoms with van der Waals surface area (Å²) >= 11 is 0. The Morgan fingerprint density at radius 3 is 2.52 bits per heavy atom. The van der Waals surface area contributed by atoms with Gasteiger partial charge in [0.05, 0.1) is 17.7 Å². The zero-order valence-corrected chi connectivity index (χ0v) is 12.0. The molecule has 2 aromatic carbocycles. The third-order valence-corrected chi connectivity index (χ3v) is 3.27. The summed E-state index contributed by atoms with van der Waals surface area (Å²) in [5.41, 5.74) is 0.585. The first-order chi connectivity index (χ1) is 11.1. The molecule has 0 aliphatic carbocycles. The van der Waals surface area contributed by atoms with Crippen molar-refractivity contribution >= 4 is 23.9 Å². The van der Waals surface area contributed by atoms with Gasteiger partial charge in [-0.05, 0) is 24.3 Å². The van der Waals surface area contributed by atoms with Gasteiger partial charge in [-0.25, -0.2) is 13.8 Å². The maximum atomic E-state index is 13.4. The highest BCUT2D eigenvalue weighted by molar-refractivity contribution is 6.77. The number of hydrogen-bond donors (Lipinski definition) is 0. The van der Waals surface area contributed by atoms with Gasteiger partial charge in [0.2, 0.25) is 0 Å². The quantitative estimate of drug-likeness (QED) is 0.678. The molecular formula is C17H11BF2NO2. The zero-order valence-electron chi connectivity index (χ0n) is 12.0. The normalized spacial score (nSPS) is 10.5. The van der Waals surface area contributed by atoms with E-state index in [0.29, 0.717) is 5.52 Å². The van der Waals surface area contributed by atoms with Crippen LogP contribution in [0.5, 0.6) is 5.75 Å². The number of nitrogens with zero attached hydrogens (tertiary/aromatic N) is 1. The summed E-state index contributed by atoms with van der Waals surface area (Å²) in [6, 6.07) is 14.2. The highest BCUT2D eigenvalue weighted by Crippen LogP contribution is 2.20. The first-order valence-electron chi connectivity index (χ1n) is 6.95. The van der Waals surface area contributed by atoms with E-state index in [1.54, 1.807) is 18.2 Å². The molecule has 6 heteroatoms. The molecule has 23 heavy (non-hydrogen) atoms. The van der Waals surface area contributed by atoms with Crippen molar-refractivity contribution in [2.45, 2.75) is 0 Å². The molecule has 0 aliphatic rings. The predicted octanol–water partition coefficient (Wildman–Crippen LogP) is 3.39. The van der Waals surface area contributed by atoms with Gasteiger partial charge < -0.3 is 9.53 Å². The second-order valence-electron chi connectivity index (χ2n) is 4.82. The number of halogens is 2. The summed E-state index contributed by atoms with van der Waals surface area (Å²) in [6.45, 7) is -0.245. The Hall–Kier alpha value is -2.76. The van der Waals surface area contributed by atoms with E-state index in [2.05, 4.69) is 4.98 Å². The van der Waals surface area contributed by atoms with Crippen LogP contribution in [0.15, 0.2) is 54.6 Å². The van der Waals surface area contributed by atoms with Gasteiger partial charge in [-0.1, -0.05) is 30.3 Å². The van der Waals surface area contributed by atoms with Gasteiger partial charge in [-0.15, -0.1) is 0 Å². The minimum atomic E-state index is -0.810. The number of ether oxygens (including phenoxy) is 1. The van der Waals surface area contributed by atoms with Crippen LogP contribution in [-0.2, 0) is 0 Å². The van der Waals surface area contributed by atoms with Crippen LogP contribution >= 0.6 is 0 Å². The average Bonchev–Trinajstić information content (AvgIpc) is 2.57. The number of hydrogen-bond acceptors (Lipinski definition) is 3. The van der Waals surface area contributed by atoms with E-state index in [1.807, 2.05) is 18.2 Å². The second kappa shape index (κ2) is 6.56. The van der Waals surface area contributed by atoms with E-state index in [-0.39, 0.29) is 17.9 Å². The predicted molar refractivity (Wildman–Crippen MR) is 83.7 cm³/mol. The van der Waals surface area contributed by atoms with Gasteiger partial charge in [0, 0.05) is 5.39 Å². The fourth-order valence-electron chi connectivity index (χ4n) is 2.13. The maximum Gasteiger partial charge on any atom is 0.260 e. The van der Waals surface area contributed by atoms with Crippen LogP contribution in [0.3, 0.4) is 0 Å². The molecule has 0 bridgehead atoms. The van der Waals surface area contributed by atoms with Crippen molar-refractivity contribution in [1.82, 2.24) is 4.98 Å². The van der Waals surface area contributed by atoms with E-state index >= 15 is 0 Å². The lowest BCUT2D eigenvalue weighted by Crippen LogP contribution is -2.19. The fraction of sp³-hybridized carbons (Fsp3) is 0.0588. The molecule has 1 heterocycles. The van der Waals surface area contributed by atoms with Crippen molar-refractivity contribution in [1.29, 1.82) is 0 Å². The minimum absolute atomic E-state index is 0.245. The lowest BCUT2D eigenvalue weighted by molar-refractivity contribution is 0.106. The number of carbonyl (C=O) groups is 1. The van der Waals surface area contributed by atoms with Gasteiger partial charge in [-0.2, -0.15) is 0 Å². The molecule has 3 nitrogen and oxygen atoms in total. The molecule has 3 rings (SSSR count). The Kier molecular flexibility index (Phi) is 4.32. The standard InChI is InChI=1S/C17H11BF2NO2/c19-12-5-3-6-13(20)16(12)23-10-18-17(22)15-9-8-11-4-1-2-7-14(11)21-15/h1-9H,10H2. The van der Waals surface area contributed by atoms with E-state index in [0.717, 1.165) is 17.5 Å². The van der Waals surface area contributed by atoms with Crippen LogP contribution in [0.25, 0.3) is 10.9 Å². The Labute approximate surface area is 132 Å². The summed E-state index contributed by atoms with van der Waals surface area (Å²) in [4.78, 5) is 16.3. The monoisotopic (exact) mass is 310 g/mol. The molecule has 0 saturated heterocycles. The van der Waals surface area contributed by atoms with Crippen LogP contribution in [0.2, 0.25) is 0 Å². The number of pyridine rings is 1. The highest BCUT2D eigenvalue weighted by atomic mass is 19.1. The first kappa shape index (κ1) is 15.2. The smallest absolute Gasteiger partial charge is 0.260 e. The molecule has 0 aliphatic heterocycles. The molecule has 0 atom stereocenters. The summed E-state index contributed by atoms with van der Waals surface area (Å²) in [5.74, 6) is -2.12. The van der Waals surface area contributed by atoms with Crippen LogP contribution < -0.4 is 4.74 Å². The average molecular weight is 310 g/mol. The topological polar surface area (TPSA) is 39.2 Å². The summed E-state index contributed by atoms with van der Waals surface area (Å²) < 4.78 is 31.8. The highest BCUT2D eigenvalue weighted by Gasteiger charge is 2.13. The molecule has 0 N–H and O–H groups in total. The van der Waals surface area contributed by atoms with Crippen molar-refractivity contribution in [3.8, 4) is 5.75 Å². The number of rotatable bonds is 5. The Bertz CT molecular complexity index is 850. The van der Waals surface area contributed by atoms with E-state index in [9.17, 15) is 13.6 Å². The molecule has 0 amide bonds. The Balaban J connectivity index is 1.67. The van der Waals surface area contributed by atoms with Crippen molar-refractivity contribution < 1.29 is 18.3 Å². The molecule has 0 spiro atoms. The summed E-state index contributed by atoms with van der Waals surface area (Å²) in [5, 5.41) is 0.925. The van der Waals surface area contributed by atoms with Crippen molar-refractivity contribution in [3.63, 3.8) is 0 Å². The third kappa shape index (κ3) is 3.36. The van der Waals surface area contributed by atoms with Crippen LogP contribution in [0, 0.1) is 11.6 Å². The number of carbonyl (C=O) groups excluding carboxylic acids is 1. The number of aromatic nitrogens is 1. The number of para-hydroxylation sites is 2. The molecule has 0 fully saturated rings.